The molecule has 0 nitrogen and oxygen atoms in total. The Morgan fingerprint density at radius 3 is 1.44 bits per heavy atom. The van der Waals surface area contributed by atoms with Crippen LogP contribution in [0.3, 0.4) is 0 Å². The molecule has 2 aromatic carbocycles. The summed E-state index contributed by atoms with van der Waals surface area (Å²) in [6, 6.07) is 16.2. The maximum atomic E-state index is 2.40. The highest BCUT2D eigenvalue weighted by Crippen LogP contribution is 2.39. The number of hydrogen-bond donors (Lipinski definition) is 0. The summed E-state index contributed by atoms with van der Waals surface area (Å²) in [5.74, 6) is 0.495. The van der Waals surface area contributed by atoms with Gasteiger partial charge in [0.15, 0.2) is 0 Å². The normalized spacial score (nSPS) is 14.3. The molecule has 0 aliphatic heterocycles. The zero-order valence-corrected chi connectivity index (χ0v) is 19.3. The zero-order valence-electron chi connectivity index (χ0n) is 19.3. The van der Waals surface area contributed by atoms with E-state index in [1.807, 2.05) is 0 Å². The van der Waals surface area contributed by atoms with Crippen LogP contribution >= 0.6 is 0 Å². The van der Waals surface area contributed by atoms with Gasteiger partial charge < -0.3 is 0 Å². The third kappa shape index (κ3) is 5.24. The van der Waals surface area contributed by atoms with Gasteiger partial charge in [0.25, 0.3) is 0 Å². The van der Waals surface area contributed by atoms with E-state index in [1.165, 1.54) is 22.3 Å². The molecule has 0 radical (unpaired) electrons. The average Bonchev–Trinajstić information content (AvgIpc) is 2.52. The topological polar surface area (TPSA) is 0 Å². The van der Waals surface area contributed by atoms with Crippen molar-refractivity contribution in [1.82, 2.24) is 0 Å². The van der Waals surface area contributed by atoms with Gasteiger partial charge in [-0.2, -0.15) is 0 Å². The molecular formula is C27H40. The van der Waals surface area contributed by atoms with E-state index in [4.69, 9.17) is 0 Å². The predicted octanol–water partition coefficient (Wildman–Crippen LogP) is 7.93. The van der Waals surface area contributed by atoms with E-state index in [0.717, 1.165) is 6.42 Å². The Labute approximate surface area is 168 Å². The molecule has 2 aromatic rings. The van der Waals surface area contributed by atoms with Gasteiger partial charge in [-0.3, -0.25) is 0 Å². The van der Waals surface area contributed by atoms with Gasteiger partial charge in [0.2, 0.25) is 0 Å². The molecule has 1 unspecified atom stereocenters. The molecule has 0 saturated carbocycles. The molecule has 0 heterocycles. The summed E-state index contributed by atoms with van der Waals surface area (Å²) < 4.78 is 0. The van der Waals surface area contributed by atoms with Crippen molar-refractivity contribution < 1.29 is 0 Å². The van der Waals surface area contributed by atoms with Crippen molar-refractivity contribution in [3.05, 3.63) is 70.3 Å². The molecule has 0 fully saturated rings. The van der Waals surface area contributed by atoms with Crippen molar-refractivity contribution in [1.29, 1.82) is 0 Å². The van der Waals surface area contributed by atoms with Crippen LogP contribution in [0.15, 0.2) is 42.5 Å². The molecule has 0 spiro atoms. The van der Waals surface area contributed by atoms with Gasteiger partial charge in [0, 0.05) is 0 Å². The van der Waals surface area contributed by atoms with Gasteiger partial charge in [-0.15, -0.1) is 0 Å². The van der Waals surface area contributed by atoms with Crippen LogP contribution in [0, 0.1) is 0 Å². The first-order valence-corrected chi connectivity index (χ1v) is 10.4. The van der Waals surface area contributed by atoms with Crippen molar-refractivity contribution in [2.75, 3.05) is 0 Å². The Morgan fingerprint density at radius 2 is 1.07 bits per heavy atom. The van der Waals surface area contributed by atoms with Crippen LogP contribution in [0.25, 0.3) is 0 Å². The van der Waals surface area contributed by atoms with E-state index in [1.54, 1.807) is 5.56 Å². The summed E-state index contributed by atoms with van der Waals surface area (Å²) in [5.41, 5.74) is 7.90. The molecule has 27 heavy (non-hydrogen) atoms. The van der Waals surface area contributed by atoms with Crippen LogP contribution in [-0.4, -0.2) is 0 Å². The van der Waals surface area contributed by atoms with E-state index >= 15 is 0 Å². The molecule has 0 aliphatic carbocycles. The molecule has 148 valence electrons. The standard InChI is InChI=1S/C27H40/c1-19(18-20-14-16-21(17-15-20)25(2,3)4)24-22(26(5,6)7)12-11-13-23(24)27(8,9)10/h11-17,19H,18H2,1-10H3. The second kappa shape index (κ2) is 7.46. The monoisotopic (exact) mass is 364 g/mol. The summed E-state index contributed by atoms with van der Waals surface area (Å²) >= 11 is 0. The second-order valence-corrected chi connectivity index (χ2v) is 11.3. The van der Waals surface area contributed by atoms with Crippen LogP contribution in [0.4, 0.5) is 0 Å². The summed E-state index contributed by atoms with van der Waals surface area (Å²) in [7, 11) is 0. The molecule has 0 saturated heterocycles. The SMILES string of the molecule is CC(Cc1ccc(C(C)(C)C)cc1)c1c(C(C)(C)C)cccc1C(C)(C)C. The van der Waals surface area contributed by atoms with Gasteiger partial charge in [-0.05, 0) is 56.4 Å². The number of hydrogen-bond acceptors (Lipinski definition) is 0. The highest BCUT2D eigenvalue weighted by atomic mass is 14.3. The van der Waals surface area contributed by atoms with Crippen molar-refractivity contribution >= 4 is 0 Å². The van der Waals surface area contributed by atoms with Gasteiger partial charge in [0.05, 0.1) is 0 Å². The lowest BCUT2D eigenvalue weighted by Gasteiger charge is -2.33. The van der Waals surface area contributed by atoms with Gasteiger partial charge >= 0.3 is 0 Å². The summed E-state index contributed by atoms with van der Waals surface area (Å²) in [5, 5.41) is 0. The third-order valence-electron chi connectivity index (χ3n) is 5.58. The van der Waals surface area contributed by atoms with Crippen molar-refractivity contribution in [2.45, 2.75) is 97.8 Å². The number of benzene rings is 2. The van der Waals surface area contributed by atoms with Crippen molar-refractivity contribution in [2.24, 2.45) is 0 Å². The summed E-state index contributed by atoms with van der Waals surface area (Å²) in [6.07, 6.45) is 1.08. The van der Waals surface area contributed by atoms with E-state index in [9.17, 15) is 0 Å². The molecule has 0 bridgehead atoms. The molecule has 0 heteroatoms. The van der Waals surface area contributed by atoms with E-state index in [2.05, 4.69) is 112 Å². The van der Waals surface area contributed by atoms with Crippen LogP contribution < -0.4 is 0 Å². The maximum absolute atomic E-state index is 2.40. The van der Waals surface area contributed by atoms with Gasteiger partial charge in [-0.25, -0.2) is 0 Å². The lowest BCUT2D eigenvalue weighted by atomic mass is 9.72. The van der Waals surface area contributed by atoms with Crippen LogP contribution in [0.5, 0.6) is 0 Å². The highest BCUT2D eigenvalue weighted by Gasteiger charge is 2.28. The molecule has 0 aromatic heterocycles. The molecule has 0 aliphatic rings. The smallest absolute Gasteiger partial charge is 0.0129 e. The number of rotatable bonds is 3. The fourth-order valence-corrected chi connectivity index (χ4v) is 4.00. The molecule has 0 amide bonds. The molecular weight excluding hydrogens is 324 g/mol. The minimum Gasteiger partial charge on any atom is -0.0617 e. The summed E-state index contributed by atoms with van der Waals surface area (Å²) in [4.78, 5) is 0. The van der Waals surface area contributed by atoms with Crippen LogP contribution in [0.1, 0.15) is 103 Å². The first-order valence-electron chi connectivity index (χ1n) is 10.4. The second-order valence-electron chi connectivity index (χ2n) is 11.3. The summed E-state index contributed by atoms with van der Waals surface area (Å²) in [6.45, 7) is 23.3. The fraction of sp³-hybridized carbons (Fsp3) is 0.556. The Bertz CT molecular complexity index is 723. The Balaban J connectivity index is 2.44. The Kier molecular flexibility index (Phi) is 6.00. The van der Waals surface area contributed by atoms with Crippen molar-refractivity contribution in [3.8, 4) is 0 Å². The van der Waals surface area contributed by atoms with E-state index < -0.39 is 0 Å². The largest absolute Gasteiger partial charge is 0.0617 e. The molecule has 2 rings (SSSR count). The highest BCUT2D eigenvalue weighted by molar-refractivity contribution is 5.45. The van der Waals surface area contributed by atoms with E-state index in [-0.39, 0.29) is 16.2 Å². The first kappa shape index (κ1) is 21.7. The fourth-order valence-electron chi connectivity index (χ4n) is 4.00. The molecule has 0 N–H and O–H groups in total. The first-order chi connectivity index (χ1) is 12.2. The minimum absolute atomic E-state index is 0.154. The molecule has 1 atom stereocenters. The quantitative estimate of drug-likeness (QED) is 0.518. The van der Waals surface area contributed by atoms with Gasteiger partial charge in [-0.1, -0.05) is 112 Å². The van der Waals surface area contributed by atoms with Crippen LogP contribution in [0.2, 0.25) is 0 Å². The minimum atomic E-state index is 0.154. The Morgan fingerprint density at radius 1 is 0.630 bits per heavy atom. The predicted molar refractivity (Wildman–Crippen MR) is 121 cm³/mol. The van der Waals surface area contributed by atoms with E-state index in [0.29, 0.717) is 5.92 Å². The zero-order chi connectivity index (χ0) is 20.6. The lowest BCUT2D eigenvalue weighted by molar-refractivity contribution is 0.540. The van der Waals surface area contributed by atoms with Crippen molar-refractivity contribution in [3.63, 3.8) is 0 Å². The average molecular weight is 365 g/mol. The van der Waals surface area contributed by atoms with Gasteiger partial charge in [0.1, 0.15) is 0 Å². The van der Waals surface area contributed by atoms with Crippen LogP contribution in [-0.2, 0) is 22.7 Å². The lowest BCUT2D eigenvalue weighted by Crippen LogP contribution is -2.23. The maximum Gasteiger partial charge on any atom is -0.0129 e. The Hall–Kier alpha value is -1.56. The third-order valence-corrected chi connectivity index (χ3v) is 5.58.